The highest BCUT2D eigenvalue weighted by Gasteiger charge is 2.44. The van der Waals surface area contributed by atoms with E-state index in [2.05, 4.69) is 22.0 Å². The van der Waals surface area contributed by atoms with Gasteiger partial charge in [-0.05, 0) is 12.8 Å². The second-order valence-electron chi connectivity index (χ2n) is 2.53. The van der Waals surface area contributed by atoms with E-state index in [0.29, 0.717) is 18.2 Å². The van der Waals surface area contributed by atoms with Crippen LogP contribution in [0.1, 0.15) is 12.8 Å². The van der Waals surface area contributed by atoms with Crippen LogP contribution in [-0.2, 0) is 0 Å². The topological polar surface area (TPSA) is 23.8 Å². The molecule has 0 aromatic rings. The first kappa shape index (κ1) is 7.01. The summed E-state index contributed by atoms with van der Waals surface area (Å²) in [6.45, 7) is 0. The fraction of sp³-hybridized carbons (Fsp3) is 0.833. The lowest BCUT2D eigenvalue weighted by Crippen LogP contribution is -2.38. The Morgan fingerprint density at radius 1 is 1.78 bits per heavy atom. The number of alkyl halides is 2. The van der Waals surface area contributed by atoms with Gasteiger partial charge in [-0.25, -0.2) is 4.39 Å². The molecule has 1 aliphatic carbocycles. The van der Waals surface area contributed by atoms with Gasteiger partial charge in [-0.3, -0.25) is 0 Å². The molecule has 1 saturated carbocycles. The second-order valence-corrected chi connectivity index (χ2v) is 3.09. The predicted octanol–water partition coefficient (Wildman–Crippen LogP) is 2.02. The van der Waals surface area contributed by atoms with Crippen LogP contribution in [0.4, 0.5) is 4.39 Å². The fourth-order valence-corrected chi connectivity index (χ4v) is 1.60. The summed E-state index contributed by atoms with van der Waals surface area (Å²) in [5.74, 6) is 0. The van der Waals surface area contributed by atoms with E-state index >= 15 is 0 Å². The molecular weight excluding hydrogens is 185 g/mol. The van der Waals surface area contributed by atoms with E-state index in [4.69, 9.17) is 5.26 Å². The molecule has 0 amide bonds. The van der Waals surface area contributed by atoms with Crippen molar-refractivity contribution in [1.82, 2.24) is 0 Å². The minimum atomic E-state index is -0.734. The van der Waals surface area contributed by atoms with Gasteiger partial charge in [0.05, 0.1) is 11.5 Å². The van der Waals surface area contributed by atoms with Crippen LogP contribution in [0.25, 0.3) is 0 Å². The average Bonchev–Trinajstić information content (AvgIpc) is 1.81. The highest BCUT2D eigenvalue weighted by atomic mass is 79.9. The molecule has 0 N–H and O–H groups in total. The summed E-state index contributed by atoms with van der Waals surface area (Å²) in [6, 6.07) is 2.11. The molecule has 0 aliphatic heterocycles. The van der Waals surface area contributed by atoms with Crippen molar-refractivity contribution in [2.75, 3.05) is 5.33 Å². The van der Waals surface area contributed by atoms with Crippen LogP contribution in [0.5, 0.6) is 0 Å². The number of hydrogen-bond acceptors (Lipinski definition) is 1. The second kappa shape index (κ2) is 2.26. The Kier molecular flexibility index (Phi) is 1.76. The summed E-state index contributed by atoms with van der Waals surface area (Å²) in [7, 11) is 0. The smallest absolute Gasteiger partial charge is 0.103 e. The molecule has 50 valence electrons. The monoisotopic (exact) mass is 191 g/mol. The molecule has 1 aliphatic rings. The maximum atomic E-state index is 12.2. The van der Waals surface area contributed by atoms with E-state index in [1.165, 1.54) is 0 Å². The first-order valence-electron chi connectivity index (χ1n) is 2.84. The first-order chi connectivity index (χ1) is 4.22. The summed E-state index contributed by atoms with van der Waals surface area (Å²) in [6.07, 6.45) is 0.0888. The molecule has 0 spiro atoms. The number of hydrogen-bond donors (Lipinski definition) is 0. The highest BCUT2D eigenvalue weighted by molar-refractivity contribution is 9.09. The van der Waals surface area contributed by atoms with Gasteiger partial charge in [-0.1, -0.05) is 15.9 Å². The van der Waals surface area contributed by atoms with Crippen LogP contribution in [0.15, 0.2) is 0 Å². The molecule has 1 fully saturated rings. The minimum absolute atomic E-state index is 0.376. The third kappa shape index (κ3) is 1.09. The maximum absolute atomic E-state index is 12.2. The van der Waals surface area contributed by atoms with Crippen LogP contribution < -0.4 is 0 Å². The molecule has 0 atom stereocenters. The van der Waals surface area contributed by atoms with Gasteiger partial charge in [0.1, 0.15) is 6.17 Å². The molecule has 1 nitrogen and oxygen atoms in total. The van der Waals surface area contributed by atoms with Crippen LogP contribution in [-0.4, -0.2) is 11.5 Å². The molecular formula is C6H7BrFN. The van der Waals surface area contributed by atoms with Gasteiger partial charge in [0.15, 0.2) is 0 Å². The summed E-state index contributed by atoms with van der Waals surface area (Å²) >= 11 is 3.18. The SMILES string of the molecule is N#CC1(CBr)CC(F)C1. The van der Waals surface area contributed by atoms with Crippen LogP contribution >= 0.6 is 15.9 Å². The van der Waals surface area contributed by atoms with E-state index in [9.17, 15) is 4.39 Å². The van der Waals surface area contributed by atoms with Gasteiger partial charge in [-0.15, -0.1) is 0 Å². The van der Waals surface area contributed by atoms with Gasteiger partial charge in [0.25, 0.3) is 0 Å². The Morgan fingerprint density at radius 3 is 2.44 bits per heavy atom. The Labute approximate surface area is 62.0 Å². The first-order valence-corrected chi connectivity index (χ1v) is 3.96. The number of halogens is 2. The van der Waals surface area contributed by atoms with E-state index in [1.807, 2.05) is 0 Å². The Morgan fingerprint density at radius 2 is 2.33 bits per heavy atom. The summed E-state index contributed by atoms with van der Waals surface area (Å²) < 4.78 is 12.2. The van der Waals surface area contributed by atoms with Crippen molar-refractivity contribution < 1.29 is 4.39 Å². The quantitative estimate of drug-likeness (QED) is 0.583. The van der Waals surface area contributed by atoms with Gasteiger partial charge < -0.3 is 0 Å². The standard InChI is InChI=1S/C6H7BrFN/c7-3-6(4-9)1-5(8)2-6/h5H,1-3H2. The Bertz CT molecular complexity index is 146. The Balaban J connectivity index is 2.48. The molecule has 0 saturated heterocycles. The molecule has 1 rings (SSSR count). The maximum Gasteiger partial charge on any atom is 0.103 e. The van der Waals surface area contributed by atoms with E-state index < -0.39 is 6.17 Å². The van der Waals surface area contributed by atoms with Crippen LogP contribution in [0, 0.1) is 16.7 Å². The van der Waals surface area contributed by atoms with Crippen molar-refractivity contribution in [3.05, 3.63) is 0 Å². The molecule has 0 bridgehead atoms. The zero-order chi connectivity index (χ0) is 6.91. The lowest BCUT2D eigenvalue weighted by Gasteiger charge is -2.36. The third-order valence-electron chi connectivity index (χ3n) is 1.72. The molecule has 9 heavy (non-hydrogen) atoms. The Hall–Kier alpha value is -0.100. The predicted molar refractivity (Wildman–Crippen MR) is 36.0 cm³/mol. The summed E-state index contributed by atoms with van der Waals surface area (Å²) in [4.78, 5) is 0. The van der Waals surface area contributed by atoms with Crippen LogP contribution in [0.2, 0.25) is 0 Å². The zero-order valence-electron chi connectivity index (χ0n) is 4.90. The van der Waals surface area contributed by atoms with Crippen molar-refractivity contribution >= 4 is 15.9 Å². The molecule has 0 aromatic heterocycles. The molecule has 0 unspecified atom stereocenters. The van der Waals surface area contributed by atoms with Crippen molar-refractivity contribution in [2.24, 2.45) is 5.41 Å². The average molecular weight is 192 g/mol. The number of rotatable bonds is 1. The van der Waals surface area contributed by atoms with Crippen molar-refractivity contribution in [2.45, 2.75) is 19.0 Å². The van der Waals surface area contributed by atoms with Crippen molar-refractivity contribution in [3.63, 3.8) is 0 Å². The van der Waals surface area contributed by atoms with E-state index in [0.717, 1.165) is 0 Å². The highest BCUT2D eigenvalue weighted by Crippen LogP contribution is 2.43. The lowest BCUT2D eigenvalue weighted by molar-refractivity contribution is 0.0949. The van der Waals surface area contributed by atoms with Gasteiger partial charge in [-0.2, -0.15) is 5.26 Å². The molecule has 3 heteroatoms. The van der Waals surface area contributed by atoms with Crippen LogP contribution in [0.3, 0.4) is 0 Å². The fourth-order valence-electron chi connectivity index (χ4n) is 1.02. The summed E-state index contributed by atoms with van der Waals surface area (Å²) in [5.41, 5.74) is -0.376. The number of nitrogens with zero attached hydrogens (tertiary/aromatic N) is 1. The van der Waals surface area contributed by atoms with Gasteiger partial charge in [0, 0.05) is 5.33 Å². The largest absolute Gasteiger partial charge is 0.247 e. The summed E-state index contributed by atoms with van der Waals surface area (Å²) in [5, 5.41) is 9.12. The molecule has 0 aromatic carbocycles. The molecule has 0 radical (unpaired) electrons. The van der Waals surface area contributed by atoms with Crippen molar-refractivity contribution in [1.29, 1.82) is 5.26 Å². The van der Waals surface area contributed by atoms with Gasteiger partial charge in [0.2, 0.25) is 0 Å². The van der Waals surface area contributed by atoms with E-state index in [1.54, 1.807) is 0 Å². The van der Waals surface area contributed by atoms with Crippen molar-refractivity contribution in [3.8, 4) is 6.07 Å². The number of nitriles is 1. The zero-order valence-corrected chi connectivity index (χ0v) is 6.49. The third-order valence-corrected chi connectivity index (χ3v) is 2.79. The molecule has 0 heterocycles. The van der Waals surface area contributed by atoms with Gasteiger partial charge >= 0.3 is 0 Å². The normalized spacial score (nSPS) is 41.2. The van der Waals surface area contributed by atoms with E-state index in [-0.39, 0.29) is 5.41 Å². The minimum Gasteiger partial charge on any atom is -0.247 e. The lowest BCUT2D eigenvalue weighted by atomic mass is 9.70.